The number of nitrogens with zero attached hydrogens (tertiary/aromatic N) is 2. The van der Waals surface area contributed by atoms with E-state index in [9.17, 15) is 24.3 Å². The lowest BCUT2D eigenvalue weighted by molar-refractivity contribution is -0.122. The van der Waals surface area contributed by atoms with Crippen molar-refractivity contribution in [1.82, 2.24) is 10.6 Å². The number of rotatable bonds is 12. The number of carbonyl (C=O) groups excluding carboxylic acids is 4. The smallest absolute Gasteiger partial charge is 0.254 e. The molecule has 48 heavy (non-hydrogen) atoms. The highest BCUT2D eigenvalue weighted by Crippen LogP contribution is 2.38. The number of nitrogens with one attached hydrogen (secondary N) is 2. The molecular formula is C38H51FN4O5. The molecule has 3 aliphatic rings. The van der Waals surface area contributed by atoms with Crippen LogP contribution < -0.4 is 20.4 Å². The maximum Gasteiger partial charge on any atom is 0.254 e. The van der Waals surface area contributed by atoms with Crippen LogP contribution in [0.5, 0.6) is 0 Å². The zero-order valence-electron chi connectivity index (χ0n) is 28.6. The van der Waals surface area contributed by atoms with E-state index in [-0.39, 0.29) is 59.7 Å². The van der Waals surface area contributed by atoms with Crippen molar-refractivity contribution >= 4 is 35.0 Å². The largest absolute Gasteiger partial charge is 0.391 e. The minimum Gasteiger partial charge on any atom is -0.391 e. The van der Waals surface area contributed by atoms with Crippen LogP contribution in [-0.4, -0.2) is 60.0 Å². The van der Waals surface area contributed by atoms with E-state index in [4.69, 9.17) is 0 Å². The number of carbonyl (C=O) groups is 4. The van der Waals surface area contributed by atoms with Gasteiger partial charge in [0.25, 0.3) is 5.91 Å². The monoisotopic (exact) mass is 662 g/mol. The standard InChI is InChI=1S/C38H51FN4O5/c1-38(2,3)26-16-18-27(19-17-26)40-33(45)13-7-12-32(44)30(22-25-10-5-4-6-11-25)41-37(48)29-23-28(42-20-8-14-34(42)46)24-31(36(29)39)43-21-9-15-35(43)47/h4-6,10-11,23-24,26-27,30,32,44H,7-9,12-22H2,1-3H3,(H,40,45)(H,41,48)/t26?,27?,30-,32-/m0/s1. The number of aliphatic hydroxyl groups excluding tert-OH is 1. The van der Waals surface area contributed by atoms with Crippen molar-refractivity contribution < 1.29 is 28.7 Å². The number of hydrogen-bond acceptors (Lipinski definition) is 5. The van der Waals surface area contributed by atoms with E-state index in [0.29, 0.717) is 56.8 Å². The predicted molar refractivity (Wildman–Crippen MR) is 184 cm³/mol. The normalized spacial score (nSPS) is 21.4. The SMILES string of the molecule is CC(C)(C)C1CCC(NC(=O)CCC[C@H](O)[C@H](Cc2ccccc2)NC(=O)c2cc(N3CCCC3=O)cc(N3CCCC3=O)c2F)CC1. The summed E-state index contributed by atoms with van der Waals surface area (Å²) >= 11 is 0. The predicted octanol–water partition coefficient (Wildman–Crippen LogP) is 5.67. The average molecular weight is 663 g/mol. The van der Waals surface area contributed by atoms with Gasteiger partial charge in [-0.1, -0.05) is 51.1 Å². The molecule has 2 heterocycles. The van der Waals surface area contributed by atoms with E-state index in [0.717, 1.165) is 31.2 Å². The lowest BCUT2D eigenvalue weighted by Crippen LogP contribution is -2.45. The first-order valence-corrected chi connectivity index (χ1v) is 17.7. The Bertz CT molecular complexity index is 1470. The molecule has 2 aromatic carbocycles. The van der Waals surface area contributed by atoms with Crippen LogP contribution in [0.1, 0.15) is 107 Å². The summed E-state index contributed by atoms with van der Waals surface area (Å²) in [6.45, 7) is 7.59. The van der Waals surface area contributed by atoms with Gasteiger partial charge in [-0.25, -0.2) is 4.39 Å². The van der Waals surface area contributed by atoms with Crippen LogP contribution in [0.3, 0.4) is 0 Å². The summed E-state index contributed by atoms with van der Waals surface area (Å²) < 4.78 is 16.1. The Morgan fingerprint density at radius 2 is 1.60 bits per heavy atom. The van der Waals surface area contributed by atoms with Gasteiger partial charge in [0.15, 0.2) is 5.82 Å². The van der Waals surface area contributed by atoms with E-state index in [1.54, 1.807) is 0 Å². The summed E-state index contributed by atoms with van der Waals surface area (Å²) in [7, 11) is 0. The molecule has 0 bridgehead atoms. The van der Waals surface area contributed by atoms with Crippen molar-refractivity contribution in [2.75, 3.05) is 22.9 Å². The molecule has 0 spiro atoms. The summed E-state index contributed by atoms with van der Waals surface area (Å²) in [6.07, 6.45) is 6.25. The van der Waals surface area contributed by atoms with E-state index in [1.807, 2.05) is 30.3 Å². The molecule has 260 valence electrons. The van der Waals surface area contributed by atoms with Gasteiger partial charge in [-0.05, 0) is 86.8 Å². The van der Waals surface area contributed by atoms with Gasteiger partial charge >= 0.3 is 0 Å². The number of benzene rings is 2. The Balaban J connectivity index is 1.27. The Morgan fingerprint density at radius 3 is 2.21 bits per heavy atom. The van der Waals surface area contributed by atoms with Crippen molar-refractivity contribution in [2.24, 2.45) is 11.3 Å². The highest BCUT2D eigenvalue weighted by molar-refractivity contribution is 6.03. The zero-order chi connectivity index (χ0) is 34.4. The molecule has 9 nitrogen and oxygen atoms in total. The quantitative estimate of drug-likeness (QED) is 0.271. The summed E-state index contributed by atoms with van der Waals surface area (Å²) in [4.78, 5) is 54.7. The van der Waals surface area contributed by atoms with E-state index in [1.165, 1.54) is 21.9 Å². The summed E-state index contributed by atoms with van der Waals surface area (Å²) in [6, 6.07) is 11.7. The van der Waals surface area contributed by atoms with Crippen LogP contribution in [0.4, 0.5) is 15.8 Å². The van der Waals surface area contributed by atoms with Gasteiger partial charge < -0.3 is 25.5 Å². The van der Waals surface area contributed by atoms with Crippen molar-refractivity contribution in [3.05, 3.63) is 59.4 Å². The van der Waals surface area contributed by atoms with Gasteiger partial charge in [0.05, 0.1) is 23.4 Å². The van der Waals surface area contributed by atoms with Crippen molar-refractivity contribution in [1.29, 1.82) is 0 Å². The maximum atomic E-state index is 16.1. The van der Waals surface area contributed by atoms with E-state index >= 15 is 4.39 Å². The topological polar surface area (TPSA) is 119 Å². The van der Waals surface area contributed by atoms with E-state index < -0.39 is 23.9 Å². The molecule has 1 saturated carbocycles. The van der Waals surface area contributed by atoms with Crippen LogP contribution in [0.25, 0.3) is 0 Å². The molecule has 2 aromatic rings. The highest BCUT2D eigenvalue weighted by Gasteiger charge is 2.33. The molecule has 3 N–H and O–H groups in total. The minimum atomic E-state index is -1.00. The molecule has 0 radical (unpaired) electrons. The molecule has 3 fully saturated rings. The molecule has 0 unspecified atom stereocenters. The summed E-state index contributed by atoms with van der Waals surface area (Å²) in [5.74, 6) is -1.30. The first-order chi connectivity index (χ1) is 22.9. The first kappa shape index (κ1) is 35.5. The number of halogens is 1. The fourth-order valence-corrected chi connectivity index (χ4v) is 7.41. The fraction of sp³-hybridized carbons (Fsp3) is 0.579. The number of anilines is 2. The number of aliphatic hydroxyl groups is 1. The second kappa shape index (κ2) is 15.6. The second-order valence-corrected chi connectivity index (χ2v) is 14.8. The number of amides is 4. The minimum absolute atomic E-state index is 0.0158. The highest BCUT2D eigenvalue weighted by atomic mass is 19.1. The second-order valence-electron chi connectivity index (χ2n) is 14.8. The Hall–Kier alpha value is -3.79. The first-order valence-electron chi connectivity index (χ1n) is 17.7. The van der Waals surface area contributed by atoms with Crippen LogP contribution in [-0.2, 0) is 20.8 Å². The van der Waals surface area contributed by atoms with Crippen LogP contribution in [0.15, 0.2) is 42.5 Å². The maximum absolute atomic E-state index is 16.1. The molecule has 4 amide bonds. The van der Waals surface area contributed by atoms with Gasteiger partial charge in [-0.15, -0.1) is 0 Å². The van der Waals surface area contributed by atoms with Gasteiger partial charge in [0.2, 0.25) is 17.7 Å². The molecular weight excluding hydrogens is 611 g/mol. The van der Waals surface area contributed by atoms with Gasteiger partial charge in [0.1, 0.15) is 0 Å². The zero-order valence-corrected chi connectivity index (χ0v) is 28.6. The van der Waals surface area contributed by atoms with Gasteiger partial charge in [-0.2, -0.15) is 0 Å². The molecule has 2 atom stereocenters. The Kier molecular flexibility index (Phi) is 11.6. The summed E-state index contributed by atoms with van der Waals surface area (Å²) in [5, 5.41) is 17.4. The third-order valence-corrected chi connectivity index (χ3v) is 10.3. The lowest BCUT2D eigenvalue weighted by Gasteiger charge is -2.37. The lowest BCUT2D eigenvalue weighted by atomic mass is 9.71. The van der Waals surface area contributed by atoms with Crippen LogP contribution in [0.2, 0.25) is 0 Å². The van der Waals surface area contributed by atoms with Crippen molar-refractivity contribution in [2.45, 2.75) is 116 Å². The summed E-state index contributed by atoms with van der Waals surface area (Å²) in [5.41, 5.74) is 1.22. The third-order valence-electron chi connectivity index (χ3n) is 10.3. The fourth-order valence-electron chi connectivity index (χ4n) is 7.41. The third kappa shape index (κ3) is 8.81. The van der Waals surface area contributed by atoms with Crippen LogP contribution >= 0.6 is 0 Å². The van der Waals surface area contributed by atoms with Gasteiger partial charge in [-0.3, -0.25) is 19.2 Å². The molecule has 2 aliphatic heterocycles. The molecule has 1 aliphatic carbocycles. The molecule has 0 aromatic heterocycles. The Morgan fingerprint density at radius 1 is 0.958 bits per heavy atom. The van der Waals surface area contributed by atoms with Crippen molar-refractivity contribution in [3.8, 4) is 0 Å². The van der Waals surface area contributed by atoms with Crippen LogP contribution in [0, 0.1) is 17.2 Å². The molecule has 10 heteroatoms. The Labute approximate surface area is 283 Å². The molecule has 5 rings (SSSR count). The average Bonchev–Trinajstić information content (AvgIpc) is 3.68. The van der Waals surface area contributed by atoms with E-state index in [2.05, 4.69) is 31.4 Å². The number of hydrogen-bond donors (Lipinski definition) is 3. The van der Waals surface area contributed by atoms with Gasteiger partial charge in [0, 0.05) is 44.1 Å². The van der Waals surface area contributed by atoms with Crippen molar-refractivity contribution in [3.63, 3.8) is 0 Å². The molecule has 2 saturated heterocycles.